The van der Waals surface area contributed by atoms with Gasteiger partial charge in [-0.3, -0.25) is 20.4 Å². The summed E-state index contributed by atoms with van der Waals surface area (Å²) in [5.41, 5.74) is 4.55. The fourth-order valence-electron chi connectivity index (χ4n) is 2.84. The topological polar surface area (TPSA) is 109 Å². The highest BCUT2D eigenvalue weighted by Crippen LogP contribution is 2.25. The van der Waals surface area contributed by atoms with Gasteiger partial charge in [-0.2, -0.15) is 4.31 Å². The fourth-order valence-corrected chi connectivity index (χ4v) is 4.38. The first-order chi connectivity index (χ1) is 12.9. The number of hydrogen-bond donors (Lipinski definition) is 2. The summed E-state index contributed by atoms with van der Waals surface area (Å²) >= 11 is 0. The van der Waals surface area contributed by atoms with Crippen molar-refractivity contribution in [1.29, 1.82) is 0 Å². The monoisotopic (exact) mass is 395 g/mol. The second kappa shape index (κ2) is 7.89. The Kier molecular flexibility index (Phi) is 5.57. The van der Waals surface area contributed by atoms with Crippen LogP contribution in [0.3, 0.4) is 0 Å². The van der Waals surface area contributed by atoms with E-state index in [9.17, 15) is 22.4 Å². The van der Waals surface area contributed by atoms with E-state index >= 15 is 0 Å². The molecule has 144 valence electrons. The Labute approximate surface area is 155 Å². The third kappa shape index (κ3) is 4.17. The molecule has 2 N–H and O–H groups in total. The molecule has 3 rings (SSSR count). The number of rotatable bonds is 4. The molecule has 2 aromatic rings. The zero-order valence-electron chi connectivity index (χ0n) is 14.2. The number of benzene rings is 1. The van der Waals surface area contributed by atoms with Crippen molar-refractivity contribution in [2.45, 2.75) is 17.7 Å². The van der Waals surface area contributed by atoms with Crippen molar-refractivity contribution < 1.29 is 26.8 Å². The van der Waals surface area contributed by atoms with Gasteiger partial charge in [-0.25, -0.2) is 12.8 Å². The SMILES string of the molecule is O=C(NNC(=O)C1CCN(S(=O)(=O)c2ccccc2F)CC1)c1ccco1. The lowest BCUT2D eigenvalue weighted by Crippen LogP contribution is -2.48. The molecule has 1 aliphatic heterocycles. The minimum absolute atomic E-state index is 0.0566. The lowest BCUT2D eigenvalue weighted by Gasteiger charge is -2.30. The Hall–Kier alpha value is -2.72. The number of carbonyl (C=O) groups is 2. The predicted molar refractivity (Wildman–Crippen MR) is 92.2 cm³/mol. The van der Waals surface area contributed by atoms with E-state index in [2.05, 4.69) is 10.9 Å². The molecule has 2 heterocycles. The number of amides is 2. The van der Waals surface area contributed by atoms with Gasteiger partial charge in [0.1, 0.15) is 10.7 Å². The second-order valence-corrected chi connectivity index (χ2v) is 7.94. The molecule has 0 bridgehead atoms. The van der Waals surface area contributed by atoms with Crippen LogP contribution in [0.2, 0.25) is 0 Å². The molecule has 0 spiro atoms. The number of nitrogens with zero attached hydrogens (tertiary/aromatic N) is 1. The summed E-state index contributed by atoms with van der Waals surface area (Å²) in [4.78, 5) is 23.5. The molecule has 8 nitrogen and oxygen atoms in total. The van der Waals surface area contributed by atoms with E-state index < -0.39 is 33.6 Å². The molecule has 2 amide bonds. The van der Waals surface area contributed by atoms with Crippen LogP contribution >= 0.6 is 0 Å². The minimum atomic E-state index is -3.95. The highest BCUT2D eigenvalue weighted by molar-refractivity contribution is 7.89. The molecule has 0 unspecified atom stereocenters. The number of piperidine rings is 1. The highest BCUT2D eigenvalue weighted by atomic mass is 32.2. The number of furan rings is 1. The summed E-state index contributed by atoms with van der Waals surface area (Å²) in [7, 11) is -3.95. The molecular formula is C17H18FN3O5S. The van der Waals surface area contributed by atoms with Crippen molar-refractivity contribution in [3.05, 3.63) is 54.2 Å². The van der Waals surface area contributed by atoms with Gasteiger partial charge in [-0.05, 0) is 37.1 Å². The first kappa shape index (κ1) is 19.1. The molecule has 1 aromatic carbocycles. The Morgan fingerprint density at radius 3 is 2.41 bits per heavy atom. The minimum Gasteiger partial charge on any atom is -0.459 e. The molecule has 0 aliphatic carbocycles. The third-order valence-corrected chi connectivity index (χ3v) is 6.26. The van der Waals surface area contributed by atoms with E-state index in [1.165, 1.54) is 30.5 Å². The van der Waals surface area contributed by atoms with Crippen LogP contribution < -0.4 is 10.9 Å². The van der Waals surface area contributed by atoms with Gasteiger partial charge < -0.3 is 4.42 Å². The van der Waals surface area contributed by atoms with Gasteiger partial charge in [0.15, 0.2) is 5.76 Å². The zero-order chi connectivity index (χ0) is 19.4. The Morgan fingerprint density at radius 2 is 1.78 bits per heavy atom. The van der Waals surface area contributed by atoms with Crippen LogP contribution in [-0.2, 0) is 14.8 Å². The molecule has 1 fully saturated rings. The van der Waals surface area contributed by atoms with Crippen molar-refractivity contribution in [3.63, 3.8) is 0 Å². The maximum absolute atomic E-state index is 13.8. The van der Waals surface area contributed by atoms with Crippen LogP contribution in [-0.4, -0.2) is 37.6 Å². The van der Waals surface area contributed by atoms with Crippen LogP contribution in [0.4, 0.5) is 4.39 Å². The Bertz CT molecular complexity index is 922. The van der Waals surface area contributed by atoms with Gasteiger partial charge >= 0.3 is 5.91 Å². The van der Waals surface area contributed by atoms with Crippen molar-refractivity contribution in [1.82, 2.24) is 15.2 Å². The molecule has 1 aromatic heterocycles. The van der Waals surface area contributed by atoms with Gasteiger partial charge in [-0.1, -0.05) is 12.1 Å². The molecule has 0 atom stereocenters. The van der Waals surface area contributed by atoms with Gasteiger partial charge in [0.05, 0.1) is 6.26 Å². The Balaban J connectivity index is 1.55. The van der Waals surface area contributed by atoms with Crippen molar-refractivity contribution in [3.8, 4) is 0 Å². The van der Waals surface area contributed by atoms with Crippen LogP contribution in [0.1, 0.15) is 23.4 Å². The van der Waals surface area contributed by atoms with Crippen molar-refractivity contribution >= 4 is 21.8 Å². The maximum atomic E-state index is 13.8. The maximum Gasteiger partial charge on any atom is 0.305 e. The van der Waals surface area contributed by atoms with Crippen LogP contribution in [0, 0.1) is 11.7 Å². The number of carbonyl (C=O) groups excluding carboxylic acids is 2. The molecular weight excluding hydrogens is 377 g/mol. The van der Waals surface area contributed by atoms with Crippen LogP contribution in [0.15, 0.2) is 52.0 Å². The number of hydrazine groups is 1. The van der Waals surface area contributed by atoms with E-state index in [-0.39, 0.29) is 36.6 Å². The highest BCUT2D eigenvalue weighted by Gasteiger charge is 2.33. The molecule has 10 heteroatoms. The van der Waals surface area contributed by atoms with Gasteiger partial charge in [0.2, 0.25) is 15.9 Å². The Morgan fingerprint density at radius 1 is 1.07 bits per heavy atom. The normalized spacial score (nSPS) is 16.0. The van der Waals surface area contributed by atoms with Gasteiger partial charge in [-0.15, -0.1) is 0 Å². The summed E-state index contributed by atoms with van der Waals surface area (Å²) in [6.45, 7) is 0.168. The molecule has 1 saturated heterocycles. The van der Waals surface area contributed by atoms with E-state index in [1.54, 1.807) is 6.07 Å². The standard InChI is InChI=1S/C17H18FN3O5S/c18-13-4-1-2-6-15(13)27(24,25)21-9-7-12(8-10-21)16(22)19-20-17(23)14-5-3-11-26-14/h1-6,11-12H,7-10H2,(H,19,22)(H,20,23). The van der Waals surface area contributed by atoms with Gasteiger partial charge in [0.25, 0.3) is 0 Å². The van der Waals surface area contributed by atoms with E-state index in [4.69, 9.17) is 4.42 Å². The largest absolute Gasteiger partial charge is 0.459 e. The number of sulfonamides is 1. The van der Waals surface area contributed by atoms with E-state index in [1.807, 2.05) is 0 Å². The van der Waals surface area contributed by atoms with Crippen LogP contribution in [0.25, 0.3) is 0 Å². The third-order valence-electron chi connectivity index (χ3n) is 4.32. The van der Waals surface area contributed by atoms with E-state index in [0.29, 0.717) is 0 Å². The van der Waals surface area contributed by atoms with Gasteiger partial charge in [0, 0.05) is 19.0 Å². The molecule has 27 heavy (non-hydrogen) atoms. The summed E-state index contributed by atoms with van der Waals surface area (Å²) < 4.78 is 45.0. The lowest BCUT2D eigenvalue weighted by atomic mass is 9.98. The first-order valence-electron chi connectivity index (χ1n) is 8.28. The lowest BCUT2D eigenvalue weighted by molar-refractivity contribution is -0.126. The fraction of sp³-hybridized carbons (Fsp3) is 0.294. The number of halogens is 1. The average Bonchev–Trinajstić information content (AvgIpc) is 3.21. The zero-order valence-corrected chi connectivity index (χ0v) is 15.0. The average molecular weight is 395 g/mol. The first-order valence-corrected chi connectivity index (χ1v) is 9.72. The summed E-state index contributed by atoms with van der Waals surface area (Å²) in [5, 5.41) is 0. The number of nitrogens with one attached hydrogen (secondary N) is 2. The second-order valence-electron chi connectivity index (χ2n) is 6.03. The summed E-state index contributed by atoms with van der Waals surface area (Å²) in [6, 6.07) is 8.18. The smallest absolute Gasteiger partial charge is 0.305 e. The van der Waals surface area contributed by atoms with Crippen molar-refractivity contribution in [2.24, 2.45) is 5.92 Å². The molecule has 0 radical (unpaired) electrons. The number of hydrogen-bond acceptors (Lipinski definition) is 5. The van der Waals surface area contributed by atoms with Crippen LogP contribution in [0.5, 0.6) is 0 Å². The quantitative estimate of drug-likeness (QED) is 0.758. The van der Waals surface area contributed by atoms with Crippen molar-refractivity contribution in [2.75, 3.05) is 13.1 Å². The molecule has 0 saturated carbocycles. The predicted octanol–water partition coefficient (Wildman–Crippen LogP) is 1.28. The van der Waals surface area contributed by atoms with E-state index in [0.717, 1.165) is 10.4 Å². The summed E-state index contributed by atoms with van der Waals surface area (Å²) in [5.74, 6) is -2.22. The summed E-state index contributed by atoms with van der Waals surface area (Å²) in [6.07, 6.45) is 1.86. The molecule has 1 aliphatic rings.